The molecule has 21 heavy (non-hydrogen) atoms. The van der Waals surface area contributed by atoms with Crippen molar-refractivity contribution in [2.75, 3.05) is 52.9 Å². The number of benzene rings is 1. The summed E-state index contributed by atoms with van der Waals surface area (Å²) in [7, 11) is 0. The topological polar surface area (TPSA) is 46.2 Å². The van der Waals surface area contributed by atoms with Crippen LogP contribution in [-0.2, 0) is 14.2 Å². The van der Waals surface area contributed by atoms with Crippen LogP contribution in [0.4, 0.5) is 0 Å². The summed E-state index contributed by atoms with van der Waals surface area (Å²) in [6.07, 6.45) is 0. The van der Waals surface area contributed by atoms with E-state index >= 15 is 0 Å². The van der Waals surface area contributed by atoms with E-state index in [-0.39, 0.29) is 77.3 Å². The molecular formula is C14H24BCsO5. The van der Waals surface area contributed by atoms with Crippen LogP contribution in [-0.4, -0.2) is 61.3 Å². The van der Waals surface area contributed by atoms with E-state index in [2.05, 4.69) is 0 Å². The molecular weight excluding hydrogens is 392 g/mol. The molecule has 5 nitrogen and oxygen atoms in total. The number of ether oxygens (including phenoxy) is 5. The van der Waals surface area contributed by atoms with Crippen molar-refractivity contribution in [3.05, 3.63) is 24.3 Å². The molecule has 0 radical (unpaired) electrons. The van der Waals surface area contributed by atoms with Gasteiger partial charge in [0.05, 0.1) is 39.6 Å². The summed E-state index contributed by atoms with van der Waals surface area (Å²) in [4.78, 5) is 0. The number of fused-ring (bicyclic) bond motifs is 1. The maximum Gasteiger partial charge on any atom is 1.00 e. The molecule has 2 rings (SSSR count). The molecule has 1 aliphatic heterocycles. The summed E-state index contributed by atoms with van der Waals surface area (Å²) >= 11 is 0. The second kappa shape index (κ2) is 14.4. The van der Waals surface area contributed by atoms with Crippen LogP contribution in [0, 0.1) is 0 Å². The zero-order valence-corrected chi connectivity index (χ0v) is 18.3. The zero-order chi connectivity index (χ0) is 13.2. The number of hydrogen-bond acceptors (Lipinski definition) is 5. The van der Waals surface area contributed by atoms with Gasteiger partial charge in [-0.2, -0.15) is 0 Å². The number of para-hydroxylation sites is 2. The molecule has 0 atom stereocenters. The molecule has 0 saturated carbocycles. The van der Waals surface area contributed by atoms with Crippen LogP contribution < -0.4 is 78.4 Å². The predicted octanol–water partition coefficient (Wildman–Crippen LogP) is -2.94. The smallest absolute Gasteiger partial charge is 0.487 e. The first-order valence-electron chi connectivity index (χ1n) is 6.54. The van der Waals surface area contributed by atoms with Gasteiger partial charge in [0.15, 0.2) is 11.5 Å². The Labute approximate surface area is 187 Å². The molecule has 0 spiro atoms. The molecule has 7 heteroatoms. The van der Waals surface area contributed by atoms with E-state index in [1.807, 2.05) is 24.3 Å². The quantitative estimate of drug-likeness (QED) is 0.424. The van der Waals surface area contributed by atoms with Gasteiger partial charge in [0, 0.05) is 0 Å². The van der Waals surface area contributed by atoms with E-state index in [4.69, 9.17) is 23.7 Å². The first-order valence-corrected chi connectivity index (χ1v) is 6.54. The van der Waals surface area contributed by atoms with Crippen molar-refractivity contribution >= 4 is 8.41 Å². The Kier molecular flexibility index (Phi) is 15.0. The van der Waals surface area contributed by atoms with Crippen molar-refractivity contribution in [1.82, 2.24) is 0 Å². The van der Waals surface area contributed by atoms with Gasteiger partial charge in [-0.3, -0.25) is 0 Å². The molecule has 0 bridgehead atoms. The third-order valence-corrected chi connectivity index (χ3v) is 2.56. The summed E-state index contributed by atoms with van der Waals surface area (Å²) in [6.45, 7) is 4.37. The van der Waals surface area contributed by atoms with Gasteiger partial charge in [-0.15, -0.1) is 0 Å². The molecule has 1 heterocycles. The van der Waals surface area contributed by atoms with Gasteiger partial charge >= 0.3 is 68.9 Å². The monoisotopic (exact) mass is 416 g/mol. The largest absolute Gasteiger partial charge is 1.00 e. The van der Waals surface area contributed by atoms with Crippen molar-refractivity contribution < 1.29 is 92.6 Å². The van der Waals surface area contributed by atoms with Crippen molar-refractivity contribution in [3.8, 4) is 11.5 Å². The third-order valence-electron chi connectivity index (χ3n) is 2.56. The summed E-state index contributed by atoms with van der Waals surface area (Å²) in [5.74, 6) is 1.47. The van der Waals surface area contributed by atoms with Crippen LogP contribution in [0.15, 0.2) is 24.3 Å². The van der Waals surface area contributed by atoms with E-state index in [1.54, 1.807) is 0 Å². The Hall–Kier alpha value is 0.817. The van der Waals surface area contributed by atoms with Crippen molar-refractivity contribution in [3.63, 3.8) is 0 Å². The minimum absolute atomic E-state index is 0. The Morgan fingerprint density at radius 1 is 0.571 bits per heavy atom. The Morgan fingerprint density at radius 3 is 1.29 bits per heavy atom. The van der Waals surface area contributed by atoms with Gasteiger partial charge in [0.1, 0.15) is 13.2 Å². The minimum Gasteiger partial charge on any atom is -0.487 e. The molecule has 0 unspecified atom stereocenters. The van der Waals surface area contributed by atoms with Gasteiger partial charge in [-0.1, -0.05) is 20.5 Å². The fraction of sp³-hybridized carbons (Fsp3) is 0.571. The van der Waals surface area contributed by atoms with Crippen molar-refractivity contribution in [1.29, 1.82) is 0 Å². The normalized spacial score (nSPS) is 17.3. The van der Waals surface area contributed by atoms with Crippen LogP contribution in [0.1, 0.15) is 0 Å². The third kappa shape index (κ3) is 9.53. The van der Waals surface area contributed by atoms with Gasteiger partial charge < -0.3 is 23.7 Å². The first-order chi connectivity index (χ1) is 9.47. The molecule has 0 saturated heterocycles. The van der Waals surface area contributed by atoms with E-state index in [0.29, 0.717) is 52.9 Å². The van der Waals surface area contributed by atoms with Crippen LogP contribution in [0.5, 0.6) is 11.5 Å². The van der Waals surface area contributed by atoms with Crippen LogP contribution >= 0.6 is 0 Å². The average molecular weight is 416 g/mol. The average Bonchev–Trinajstić information content (AvgIpc) is 2.45. The van der Waals surface area contributed by atoms with Gasteiger partial charge in [-0.25, -0.2) is 0 Å². The zero-order valence-electron chi connectivity index (χ0n) is 12.0. The molecule has 0 fully saturated rings. The molecule has 0 N–H and O–H groups in total. The summed E-state index contributed by atoms with van der Waals surface area (Å²) in [5.41, 5.74) is 0. The van der Waals surface area contributed by atoms with E-state index in [9.17, 15) is 0 Å². The Bertz CT molecular complexity index is 334. The Morgan fingerprint density at radius 2 is 0.905 bits per heavy atom. The second-order valence-corrected chi connectivity index (χ2v) is 3.98. The minimum atomic E-state index is 0. The number of rotatable bonds is 0. The van der Waals surface area contributed by atoms with Gasteiger partial charge in [-0.05, 0) is 12.1 Å². The first kappa shape index (κ1) is 21.8. The number of hydrogen-bond donors (Lipinski definition) is 0. The fourth-order valence-electron chi connectivity index (χ4n) is 1.65. The Balaban J connectivity index is 0.00000200. The predicted molar refractivity (Wildman–Crippen MR) is 81.2 cm³/mol. The summed E-state index contributed by atoms with van der Waals surface area (Å²) in [5, 5.41) is 0. The summed E-state index contributed by atoms with van der Waals surface area (Å²) < 4.78 is 27.4. The van der Waals surface area contributed by atoms with Crippen molar-refractivity contribution in [2.24, 2.45) is 0 Å². The molecule has 1 aromatic carbocycles. The molecule has 1 aromatic rings. The fourth-order valence-corrected chi connectivity index (χ4v) is 1.65. The van der Waals surface area contributed by atoms with Gasteiger partial charge in [0.25, 0.3) is 0 Å². The SMILES string of the molecule is [BH4-].[Cs+].c1ccc2c(c1)OCCOCCOCCOCCO2. The summed E-state index contributed by atoms with van der Waals surface area (Å²) in [6, 6.07) is 7.61. The molecule has 0 aromatic heterocycles. The molecule has 114 valence electrons. The van der Waals surface area contributed by atoms with Crippen LogP contribution in [0.3, 0.4) is 0 Å². The van der Waals surface area contributed by atoms with Crippen LogP contribution in [0.25, 0.3) is 0 Å². The van der Waals surface area contributed by atoms with Crippen molar-refractivity contribution in [2.45, 2.75) is 0 Å². The van der Waals surface area contributed by atoms with E-state index in [1.165, 1.54) is 0 Å². The molecule has 0 amide bonds. The van der Waals surface area contributed by atoms with Gasteiger partial charge in [0.2, 0.25) is 0 Å². The standard InChI is InChI=1S/C14H20O5.BH4.Cs/c1-2-4-14-13(3-1)18-11-9-16-7-5-15-6-8-17-10-12-19-14;;/h1-4H,5-12H2;1H4;/q;-1;+1. The van der Waals surface area contributed by atoms with E-state index in [0.717, 1.165) is 11.5 Å². The molecule has 0 aliphatic carbocycles. The van der Waals surface area contributed by atoms with Crippen LogP contribution in [0.2, 0.25) is 0 Å². The second-order valence-electron chi connectivity index (χ2n) is 3.98. The van der Waals surface area contributed by atoms with E-state index < -0.39 is 0 Å². The molecule has 1 aliphatic rings. The maximum absolute atomic E-state index is 5.63. The maximum atomic E-state index is 5.63.